The van der Waals surface area contributed by atoms with Crippen molar-refractivity contribution in [3.05, 3.63) is 68.2 Å². The summed E-state index contributed by atoms with van der Waals surface area (Å²) in [6.45, 7) is 1.77. The van der Waals surface area contributed by atoms with Crippen LogP contribution in [0.2, 0.25) is 0 Å². The van der Waals surface area contributed by atoms with Gasteiger partial charge in [0.1, 0.15) is 5.75 Å². The van der Waals surface area contributed by atoms with Crippen molar-refractivity contribution < 1.29 is 14.5 Å². The molecule has 120 valence electrons. The minimum atomic E-state index is -0.462. The maximum absolute atomic E-state index is 12.4. The summed E-state index contributed by atoms with van der Waals surface area (Å²) in [7, 11) is 1.52. The van der Waals surface area contributed by atoms with E-state index in [1.807, 2.05) is 0 Å². The van der Waals surface area contributed by atoms with E-state index in [4.69, 9.17) is 4.74 Å². The second-order valence-electron chi connectivity index (χ2n) is 4.89. The lowest BCUT2D eigenvalue weighted by atomic mass is 10.1. The van der Waals surface area contributed by atoms with E-state index in [9.17, 15) is 14.9 Å². The lowest BCUT2D eigenvalue weighted by molar-refractivity contribution is -0.384. The molecule has 0 saturated heterocycles. The Hall–Kier alpha value is -2.41. The molecule has 1 amide bonds. The summed E-state index contributed by atoms with van der Waals surface area (Å²) in [5, 5.41) is 13.7. The van der Waals surface area contributed by atoms with Crippen LogP contribution in [0.1, 0.15) is 28.9 Å². The van der Waals surface area contributed by atoms with E-state index < -0.39 is 4.92 Å². The number of hydrogen-bond acceptors (Lipinski definition) is 4. The maximum Gasteiger partial charge on any atom is 0.269 e. The molecule has 2 aromatic carbocycles. The molecule has 0 aliphatic rings. The van der Waals surface area contributed by atoms with E-state index in [2.05, 4.69) is 21.2 Å². The molecule has 0 aromatic heterocycles. The number of benzene rings is 2. The minimum absolute atomic E-state index is 0.00819. The first-order chi connectivity index (χ1) is 10.9. The molecular weight excluding hydrogens is 364 g/mol. The van der Waals surface area contributed by atoms with Crippen molar-refractivity contribution >= 4 is 27.5 Å². The summed E-state index contributed by atoms with van der Waals surface area (Å²) in [6, 6.07) is 10.9. The summed E-state index contributed by atoms with van der Waals surface area (Å²) in [5.74, 6) is 0.274. The number of rotatable bonds is 5. The fourth-order valence-corrected chi connectivity index (χ4v) is 2.50. The van der Waals surface area contributed by atoms with Gasteiger partial charge >= 0.3 is 0 Å². The fourth-order valence-electron chi connectivity index (χ4n) is 2.07. The molecule has 23 heavy (non-hydrogen) atoms. The van der Waals surface area contributed by atoms with Gasteiger partial charge in [-0.15, -0.1) is 0 Å². The summed E-state index contributed by atoms with van der Waals surface area (Å²) in [5.41, 5.74) is 1.08. The lowest BCUT2D eigenvalue weighted by Gasteiger charge is -2.15. The second-order valence-corrected chi connectivity index (χ2v) is 5.75. The number of nitro benzene ring substituents is 1. The van der Waals surface area contributed by atoms with Crippen LogP contribution in [0.25, 0.3) is 0 Å². The summed E-state index contributed by atoms with van der Waals surface area (Å²) in [4.78, 5) is 22.8. The van der Waals surface area contributed by atoms with Gasteiger partial charge in [0, 0.05) is 16.6 Å². The molecule has 0 radical (unpaired) electrons. The zero-order chi connectivity index (χ0) is 17.0. The van der Waals surface area contributed by atoms with E-state index in [-0.39, 0.29) is 17.6 Å². The van der Waals surface area contributed by atoms with Crippen LogP contribution in [-0.2, 0) is 0 Å². The summed E-state index contributed by atoms with van der Waals surface area (Å²) < 4.78 is 5.76. The topological polar surface area (TPSA) is 81.5 Å². The largest absolute Gasteiger partial charge is 0.497 e. The molecule has 0 spiro atoms. The molecule has 0 aliphatic heterocycles. The van der Waals surface area contributed by atoms with Gasteiger partial charge in [0.2, 0.25) is 0 Å². The van der Waals surface area contributed by atoms with Crippen LogP contribution in [0.4, 0.5) is 5.69 Å². The first kappa shape index (κ1) is 17.0. The SMILES string of the molecule is COc1ccc(Br)c(C(=O)NC(C)c2cccc([N+](=O)[O-])c2)c1. The smallest absolute Gasteiger partial charge is 0.269 e. The van der Waals surface area contributed by atoms with Crippen LogP contribution < -0.4 is 10.1 Å². The predicted molar refractivity (Wildman–Crippen MR) is 89.7 cm³/mol. The van der Waals surface area contributed by atoms with Gasteiger partial charge in [0.15, 0.2) is 0 Å². The zero-order valence-electron chi connectivity index (χ0n) is 12.6. The Bertz CT molecular complexity index is 749. The number of carbonyl (C=O) groups is 1. The molecule has 1 unspecified atom stereocenters. The number of ether oxygens (including phenoxy) is 1. The molecule has 7 heteroatoms. The van der Waals surface area contributed by atoms with Gasteiger partial charge < -0.3 is 10.1 Å². The molecule has 0 fully saturated rings. The number of nitro groups is 1. The van der Waals surface area contributed by atoms with E-state index >= 15 is 0 Å². The number of non-ortho nitro benzene ring substituents is 1. The van der Waals surface area contributed by atoms with E-state index in [0.717, 1.165) is 0 Å². The molecule has 0 heterocycles. The standard InChI is InChI=1S/C16H15BrN2O4/c1-10(11-4-3-5-12(8-11)19(21)22)18-16(20)14-9-13(23-2)6-7-15(14)17/h3-10H,1-2H3,(H,18,20). The third-order valence-corrected chi connectivity index (χ3v) is 4.04. The first-order valence-corrected chi connectivity index (χ1v) is 7.60. The number of amides is 1. The third kappa shape index (κ3) is 4.07. The predicted octanol–water partition coefficient (Wildman–Crippen LogP) is 3.86. The fraction of sp³-hybridized carbons (Fsp3) is 0.188. The van der Waals surface area contributed by atoms with Crippen LogP contribution in [0.15, 0.2) is 46.9 Å². The zero-order valence-corrected chi connectivity index (χ0v) is 14.2. The summed E-state index contributed by atoms with van der Waals surface area (Å²) >= 11 is 3.33. The van der Waals surface area contributed by atoms with Gasteiger partial charge in [0.05, 0.1) is 23.6 Å². The number of halogens is 1. The highest BCUT2D eigenvalue weighted by Gasteiger charge is 2.16. The Balaban J connectivity index is 2.20. The van der Waals surface area contributed by atoms with Gasteiger partial charge in [-0.1, -0.05) is 12.1 Å². The summed E-state index contributed by atoms with van der Waals surface area (Å²) in [6.07, 6.45) is 0. The average molecular weight is 379 g/mol. The second kappa shape index (κ2) is 7.23. The van der Waals surface area contributed by atoms with Gasteiger partial charge in [-0.05, 0) is 46.6 Å². The Morgan fingerprint density at radius 2 is 2.04 bits per heavy atom. The Morgan fingerprint density at radius 1 is 1.30 bits per heavy atom. The van der Waals surface area contributed by atoms with Crippen molar-refractivity contribution in [1.82, 2.24) is 5.32 Å². The quantitative estimate of drug-likeness (QED) is 0.632. The van der Waals surface area contributed by atoms with E-state index in [0.29, 0.717) is 21.3 Å². The molecule has 0 saturated carbocycles. The molecule has 0 bridgehead atoms. The van der Waals surface area contributed by atoms with Crippen molar-refractivity contribution in [3.63, 3.8) is 0 Å². The highest BCUT2D eigenvalue weighted by molar-refractivity contribution is 9.10. The maximum atomic E-state index is 12.4. The molecule has 0 aliphatic carbocycles. The number of nitrogens with one attached hydrogen (secondary N) is 1. The number of hydrogen-bond donors (Lipinski definition) is 1. The van der Waals surface area contributed by atoms with Crippen LogP contribution in [0.3, 0.4) is 0 Å². The van der Waals surface area contributed by atoms with Gasteiger partial charge in [-0.25, -0.2) is 0 Å². The van der Waals surface area contributed by atoms with Crippen LogP contribution in [0, 0.1) is 10.1 Å². The molecular formula is C16H15BrN2O4. The minimum Gasteiger partial charge on any atom is -0.497 e. The van der Waals surface area contributed by atoms with Crippen molar-refractivity contribution in [3.8, 4) is 5.75 Å². The van der Waals surface area contributed by atoms with Crippen molar-refractivity contribution in [1.29, 1.82) is 0 Å². The molecule has 2 aromatic rings. The molecule has 2 rings (SSSR count). The molecule has 1 N–H and O–H groups in total. The van der Waals surface area contributed by atoms with Crippen molar-refractivity contribution in [2.24, 2.45) is 0 Å². The molecule has 6 nitrogen and oxygen atoms in total. The highest BCUT2D eigenvalue weighted by atomic mass is 79.9. The third-order valence-electron chi connectivity index (χ3n) is 3.35. The molecule has 1 atom stereocenters. The van der Waals surface area contributed by atoms with Gasteiger partial charge in [-0.2, -0.15) is 0 Å². The van der Waals surface area contributed by atoms with Crippen LogP contribution in [0.5, 0.6) is 5.75 Å². The van der Waals surface area contributed by atoms with E-state index in [1.54, 1.807) is 37.3 Å². The lowest BCUT2D eigenvalue weighted by Crippen LogP contribution is -2.27. The number of nitrogens with zero attached hydrogens (tertiary/aromatic N) is 1. The van der Waals surface area contributed by atoms with Crippen molar-refractivity contribution in [2.45, 2.75) is 13.0 Å². The highest BCUT2D eigenvalue weighted by Crippen LogP contribution is 2.24. The number of carbonyl (C=O) groups excluding carboxylic acids is 1. The van der Waals surface area contributed by atoms with Gasteiger partial charge in [0.25, 0.3) is 11.6 Å². The monoisotopic (exact) mass is 378 g/mol. The van der Waals surface area contributed by atoms with Crippen LogP contribution in [-0.4, -0.2) is 17.9 Å². The van der Waals surface area contributed by atoms with E-state index in [1.165, 1.54) is 19.2 Å². The van der Waals surface area contributed by atoms with Crippen molar-refractivity contribution in [2.75, 3.05) is 7.11 Å². The normalized spacial score (nSPS) is 11.6. The Kier molecular flexibility index (Phi) is 5.33. The first-order valence-electron chi connectivity index (χ1n) is 6.81. The Morgan fingerprint density at radius 3 is 2.70 bits per heavy atom. The van der Waals surface area contributed by atoms with Gasteiger partial charge in [-0.3, -0.25) is 14.9 Å². The average Bonchev–Trinajstić information content (AvgIpc) is 2.55. The Labute approximate surface area is 141 Å². The number of methoxy groups -OCH3 is 1. The van der Waals surface area contributed by atoms with Crippen LogP contribution >= 0.6 is 15.9 Å².